The molecule has 2 atom stereocenters. The number of aromatic nitrogens is 4. The second kappa shape index (κ2) is 13.6. The summed E-state index contributed by atoms with van der Waals surface area (Å²) in [5, 5.41) is 56.4. The van der Waals surface area contributed by atoms with Crippen LogP contribution in [0.5, 0.6) is 5.75 Å². The summed E-state index contributed by atoms with van der Waals surface area (Å²) in [4.78, 5) is 32.2. The smallest absolute Gasteiger partial charge is 0.311 e. The van der Waals surface area contributed by atoms with Crippen molar-refractivity contribution in [3.05, 3.63) is 92.9 Å². The second-order valence-corrected chi connectivity index (χ2v) is 12.4. The lowest BCUT2D eigenvalue weighted by atomic mass is 9.99. The fourth-order valence-corrected chi connectivity index (χ4v) is 6.90. The molecule has 2 heterocycles. The van der Waals surface area contributed by atoms with Gasteiger partial charge < -0.3 is 10.1 Å². The topological polar surface area (TPSA) is 202 Å². The van der Waals surface area contributed by atoms with E-state index in [0.29, 0.717) is 27.1 Å². The minimum Gasteiger partial charge on any atom is -0.466 e. The Morgan fingerprint density at radius 3 is 2.36 bits per heavy atom. The number of anilines is 1. The molecule has 18 heteroatoms. The Bertz CT molecular complexity index is 1610. The Balaban J connectivity index is 1.43. The zero-order valence-corrected chi connectivity index (χ0v) is 24.9. The van der Waals surface area contributed by atoms with Gasteiger partial charge in [0.1, 0.15) is 15.0 Å². The molecule has 2 aromatic heterocycles. The number of nitrogens with zero attached hydrogens (tertiary/aromatic N) is 7. The summed E-state index contributed by atoms with van der Waals surface area (Å²) in [5.41, 5.74) is 0.237. The van der Waals surface area contributed by atoms with Crippen LogP contribution in [0.4, 0.5) is 22.2 Å². The molecule has 0 fully saturated rings. The molecule has 1 N–H and O–H groups in total. The van der Waals surface area contributed by atoms with Crippen LogP contribution in [0.25, 0.3) is 0 Å². The molecule has 2 unspecified atom stereocenters. The van der Waals surface area contributed by atoms with Crippen molar-refractivity contribution in [2.45, 2.75) is 38.4 Å². The average Bonchev–Trinajstić information content (AvgIpc) is 3.62. The zero-order valence-electron chi connectivity index (χ0n) is 22.5. The molecule has 0 aliphatic carbocycles. The van der Waals surface area contributed by atoms with Crippen LogP contribution in [0.1, 0.15) is 51.2 Å². The van der Waals surface area contributed by atoms with Gasteiger partial charge in [0.15, 0.2) is 12.5 Å². The maximum atomic E-state index is 11.6. The van der Waals surface area contributed by atoms with E-state index in [1.807, 2.05) is 6.92 Å². The molecule has 4 aromatic rings. The van der Waals surface area contributed by atoms with Crippen LogP contribution in [0.2, 0.25) is 0 Å². The molecule has 0 saturated carbocycles. The number of rotatable bonds is 14. The number of nitro groups is 3. The van der Waals surface area contributed by atoms with Crippen LogP contribution in [0.15, 0.2) is 36.4 Å². The van der Waals surface area contributed by atoms with Crippen LogP contribution in [-0.4, -0.2) is 47.6 Å². The summed E-state index contributed by atoms with van der Waals surface area (Å²) in [7, 11) is 0. The molecule has 2 aromatic carbocycles. The van der Waals surface area contributed by atoms with E-state index in [0.717, 1.165) is 22.4 Å². The average molecular weight is 633 g/mol. The molecule has 220 valence electrons. The van der Waals surface area contributed by atoms with Gasteiger partial charge in [0.25, 0.3) is 11.4 Å². The van der Waals surface area contributed by atoms with Crippen molar-refractivity contribution in [2.75, 3.05) is 17.8 Å². The van der Waals surface area contributed by atoms with Gasteiger partial charge in [0, 0.05) is 30.0 Å². The third kappa shape index (κ3) is 7.31. The first-order valence-corrected chi connectivity index (χ1v) is 15.1. The van der Waals surface area contributed by atoms with E-state index < -0.39 is 20.7 Å². The quantitative estimate of drug-likeness (QED) is 0.0955. The van der Waals surface area contributed by atoms with Gasteiger partial charge in [-0.05, 0) is 30.4 Å². The summed E-state index contributed by atoms with van der Waals surface area (Å²) in [6.07, 6.45) is 0.492. The molecule has 4 rings (SSSR count). The van der Waals surface area contributed by atoms with Crippen LogP contribution in [0, 0.1) is 37.3 Å². The minimum atomic E-state index is -0.673. The third-order valence-electron chi connectivity index (χ3n) is 5.95. The van der Waals surface area contributed by atoms with Crippen LogP contribution >= 0.6 is 34.4 Å². The number of thioether (sulfide) groups is 1. The van der Waals surface area contributed by atoms with Crippen molar-refractivity contribution in [3.8, 4) is 5.75 Å². The van der Waals surface area contributed by atoms with Crippen molar-refractivity contribution in [1.29, 1.82) is 0 Å². The molecule has 15 nitrogen and oxygen atoms in total. The van der Waals surface area contributed by atoms with E-state index in [1.165, 1.54) is 40.9 Å². The first-order valence-electron chi connectivity index (χ1n) is 12.4. The number of benzene rings is 2. The summed E-state index contributed by atoms with van der Waals surface area (Å²) in [6, 6.07) is 8.29. The maximum absolute atomic E-state index is 11.6. The van der Waals surface area contributed by atoms with Crippen molar-refractivity contribution < 1.29 is 19.5 Å². The highest BCUT2D eigenvalue weighted by molar-refractivity contribution is 7.99. The van der Waals surface area contributed by atoms with Gasteiger partial charge in [-0.2, -0.15) is 11.8 Å². The first kappa shape index (κ1) is 30.7. The molecule has 0 amide bonds. The highest BCUT2D eigenvalue weighted by Crippen LogP contribution is 2.39. The molecule has 42 heavy (non-hydrogen) atoms. The maximum Gasteiger partial charge on any atom is 0.311 e. The van der Waals surface area contributed by atoms with Crippen molar-refractivity contribution in [3.63, 3.8) is 0 Å². The van der Waals surface area contributed by atoms with E-state index in [9.17, 15) is 30.3 Å². The first-order chi connectivity index (χ1) is 20.1. The standard InChI is InChI=1S/C24H24N8O7S3/c1-4-40-20(23-28-29-24(42-23)25-12-39-19-8-5-13(2)9-18(19)32(37)38)11-21-26-27-22(41-21)14(3)16-7-6-15(30(33)34)10-17(16)31(35)36/h5-10,14,20H,4,11-12H2,1-3H3,(H,25,29). The van der Waals surface area contributed by atoms with Crippen molar-refractivity contribution in [2.24, 2.45) is 0 Å². The normalized spacial score (nSPS) is 12.5. The molecular weight excluding hydrogens is 609 g/mol. The molecule has 0 saturated heterocycles. The summed E-state index contributed by atoms with van der Waals surface area (Å²) < 4.78 is 5.56. The van der Waals surface area contributed by atoms with Crippen molar-refractivity contribution >= 4 is 56.6 Å². The Hall–Kier alpha value is -4.29. The third-order valence-corrected chi connectivity index (χ3v) is 9.34. The second-order valence-electron chi connectivity index (χ2n) is 8.80. The lowest BCUT2D eigenvalue weighted by molar-refractivity contribution is -0.394. The summed E-state index contributed by atoms with van der Waals surface area (Å²) in [6.45, 7) is 5.47. The van der Waals surface area contributed by atoms with E-state index >= 15 is 0 Å². The SMILES string of the molecule is CCSC(Cc1nnc(C(C)c2ccc([N+](=O)[O-])cc2[N+](=O)[O-])s1)c1nnc(NCOc2ccc(C)cc2[N+](=O)[O-])s1. The summed E-state index contributed by atoms with van der Waals surface area (Å²) >= 11 is 4.29. The van der Waals surface area contributed by atoms with E-state index in [-0.39, 0.29) is 34.8 Å². The number of hydrogen-bond acceptors (Lipinski definition) is 15. The number of non-ortho nitro benzene ring substituents is 1. The van der Waals surface area contributed by atoms with E-state index in [1.54, 1.807) is 37.7 Å². The number of nitrogens with one attached hydrogen (secondary N) is 1. The fraction of sp³-hybridized carbons (Fsp3) is 0.333. The Labute approximate surface area is 250 Å². The largest absolute Gasteiger partial charge is 0.466 e. The minimum absolute atomic E-state index is 0.0451. The lowest BCUT2D eigenvalue weighted by Crippen LogP contribution is -2.09. The van der Waals surface area contributed by atoms with Gasteiger partial charge in [0.2, 0.25) is 5.13 Å². The van der Waals surface area contributed by atoms with Gasteiger partial charge in [-0.3, -0.25) is 30.3 Å². The molecule has 0 spiro atoms. The highest BCUT2D eigenvalue weighted by Gasteiger charge is 2.27. The highest BCUT2D eigenvalue weighted by atomic mass is 32.2. The van der Waals surface area contributed by atoms with Gasteiger partial charge in [-0.1, -0.05) is 31.3 Å². The van der Waals surface area contributed by atoms with Crippen LogP contribution in [-0.2, 0) is 6.42 Å². The predicted octanol–water partition coefficient (Wildman–Crippen LogP) is 6.06. The zero-order chi connectivity index (χ0) is 30.4. The fourth-order valence-electron chi connectivity index (χ4n) is 3.91. The number of hydrogen-bond donors (Lipinski definition) is 1. The van der Waals surface area contributed by atoms with E-state index in [4.69, 9.17) is 4.74 Å². The molecular formula is C24H24N8O7S3. The van der Waals surface area contributed by atoms with E-state index in [2.05, 4.69) is 25.7 Å². The molecule has 0 aliphatic heterocycles. The van der Waals surface area contributed by atoms with Crippen LogP contribution < -0.4 is 10.1 Å². The van der Waals surface area contributed by atoms with Crippen molar-refractivity contribution in [1.82, 2.24) is 20.4 Å². The number of aryl methyl sites for hydroxylation is 1. The van der Waals surface area contributed by atoms with Gasteiger partial charge in [-0.15, -0.1) is 31.7 Å². The molecule has 0 radical (unpaired) electrons. The lowest BCUT2D eigenvalue weighted by Gasteiger charge is -2.10. The van der Waals surface area contributed by atoms with Gasteiger partial charge >= 0.3 is 5.69 Å². The predicted molar refractivity (Wildman–Crippen MR) is 159 cm³/mol. The molecule has 0 bridgehead atoms. The van der Waals surface area contributed by atoms with Crippen LogP contribution in [0.3, 0.4) is 0 Å². The van der Waals surface area contributed by atoms with Gasteiger partial charge in [0.05, 0.1) is 26.1 Å². The Morgan fingerprint density at radius 2 is 1.67 bits per heavy atom. The Morgan fingerprint density at radius 1 is 0.929 bits per heavy atom. The monoisotopic (exact) mass is 632 g/mol. The Kier molecular flexibility index (Phi) is 9.92. The number of nitro benzene ring substituents is 3. The number of ether oxygens (including phenoxy) is 1. The van der Waals surface area contributed by atoms with Gasteiger partial charge in [-0.25, -0.2) is 0 Å². The summed E-state index contributed by atoms with van der Waals surface area (Å²) in [5.74, 6) is 0.434. The molecule has 0 aliphatic rings.